The number of benzene rings is 1. The smallest absolute Gasteiger partial charge is 0.0522 e. The quantitative estimate of drug-likeness (QED) is 0.658. The molecule has 3 N–H and O–H groups in total. The lowest BCUT2D eigenvalue weighted by Gasteiger charge is -2.16. The number of aromatic nitrogens is 2. The van der Waals surface area contributed by atoms with E-state index in [1.165, 1.54) is 0 Å². The van der Waals surface area contributed by atoms with Gasteiger partial charge in [0.1, 0.15) is 0 Å². The van der Waals surface area contributed by atoms with E-state index in [1.54, 1.807) is 10.7 Å². The lowest BCUT2D eigenvalue weighted by atomic mass is 10.0. The lowest BCUT2D eigenvalue weighted by molar-refractivity contribution is 0.522. The number of hydrogen-bond acceptors (Lipinski definition) is 3. The first-order valence-corrected chi connectivity index (χ1v) is 6.71. The van der Waals surface area contributed by atoms with E-state index in [9.17, 15) is 0 Å². The number of nitrogens with two attached hydrogens (primary N) is 1. The fourth-order valence-electron chi connectivity index (χ4n) is 2.00. The number of halogens is 2. The van der Waals surface area contributed by atoms with Crippen molar-refractivity contribution in [1.82, 2.24) is 15.2 Å². The van der Waals surface area contributed by atoms with Crippen LogP contribution in [0.2, 0.25) is 10.0 Å². The molecule has 0 aliphatic heterocycles. The van der Waals surface area contributed by atoms with Crippen LogP contribution in [0.1, 0.15) is 11.1 Å². The van der Waals surface area contributed by atoms with Crippen LogP contribution in [0.4, 0.5) is 0 Å². The van der Waals surface area contributed by atoms with Gasteiger partial charge in [0, 0.05) is 29.3 Å². The van der Waals surface area contributed by atoms with E-state index in [0.29, 0.717) is 10.0 Å². The Labute approximate surface area is 122 Å². The number of hydrazine groups is 1. The standard InChI is InChI=1S/C13H16Cl2N4/c1-19-8-9(7-17-19)4-12(18-16)5-10-2-3-11(14)6-13(10)15/h2-3,6-8,12,18H,4-5,16H2,1H3. The zero-order valence-electron chi connectivity index (χ0n) is 10.6. The fraction of sp³-hybridized carbons (Fsp3) is 0.308. The van der Waals surface area contributed by atoms with Gasteiger partial charge < -0.3 is 0 Å². The maximum atomic E-state index is 6.17. The molecule has 0 amide bonds. The van der Waals surface area contributed by atoms with Gasteiger partial charge in [-0.05, 0) is 36.1 Å². The first-order valence-electron chi connectivity index (χ1n) is 5.96. The maximum absolute atomic E-state index is 6.17. The third-order valence-corrected chi connectivity index (χ3v) is 3.54. The van der Waals surface area contributed by atoms with Gasteiger partial charge in [0.05, 0.1) is 6.20 Å². The zero-order chi connectivity index (χ0) is 13.8. The minimum absolute atomic E-state index is 0.0999. The summed E-state index contributed by atoms with van der Waals surface area (Å²) in [5, 5.41) is 5.45. The monoisotopic (exact) mass is 298 g/mol. The van der Waals surface area contributed by atoms with Crippen molar-refractivity contribution in [2.45, 2.75) is 18.9 Å². The Hall–Kier alpha value is -1.07. The molecule has 1 aromatic carbocycles. The van der Waals surface area contributed by atoms with Crippen molar-refractivity contribution in [2.75, 3.05) is 0 Å². The molecule has 0 spiro atoms. The topological polar surface area (TPSA) is 55.9 Å². The van der Waals surface area contributed by atoms with E-state index in [-0.39, 0.29) is 6.04 Å². The molecule has 4 nitrogen and oxygen atoms in total. The summed E-state index contributed by atoms with van der Waals surface area (Å²) in [6.07, 6.45) is 5.35. The van der Waals surface area contributed by atoms with E-state index in [0.717, 1.165) is 24.0 Å². The van der Waals surface area contributed by atoms with Crippen LogP contribution in [0.25, 0.3) is 0 Å². The number of aryl methyl sites for hydroxylation is 1. The predicted molar refractivity (Wildman–Crippen MR) is 78.2 cm³/mol. The van der Waals surface area contributed by atoms with Crippen molar-refractivity contribution in [3.05, 3.63) is 51.8 Å². The minimum Gasteiger partial charge on any atom is -0.276 e. The predicted octanol–water partition coefficient (Wildman–Crippen LogP) is 2.34. The van der Waals surface area contributed by atoms with Gasteiger partial charge in [-0.2, -0.15) is 5.10 Å². The molecule has 102 valence electrons. The third-order valence-electron chi connectivity index (χ3n) is 2.96. The molecule has 1 atom stereocenters. The molecular formula is C13H16Cl2N4. The first-order chi connectivity index (χ1) is 9.08. The van der Waals surface area contributed by atoms with Crippen molar-refractivity contribution in [2.24, 2.45) is 12.9 Å². The average Bonchev–Trinajstić information content (AvgIpc) is 2.77. The van der Waals surface area contributed by atoms with Gasteiger partial charge in [0.15, 0.2) is 0 Å². The molecule has 0 radical (unpaired) electrons. The van der Waals surface area contributed by atoms with Gasteiger partial charge in [-0.25, -0.2) is 0 Å². The van der Waals surface area contributed by atoms with Crippen LogP contribution in [-0.4, -0.2) is 15.8 Å². The number of hydrogen-bond donors (Lipinski definition) is 2. The highest BCUT2D eigenvalue weighted by atomic mass is 35.5. The summed E-state index contributed by atoms with van der Waals surface area (Å²) in [6, 6.07) is 5.61. The molecule has 0 aliphatic carbocycles. The normalized spacial score (nSPS) is 12.6. The fourth-order valence-corrected chi connectivity index (χ4v) is 2.49. The highest BCUT2D eigenvalue weighted by Crippen LogP contribution is 2.22. The van der Waals surface area contributed by atoms with Gasteiger partial charge >= 0.3 is 0 Å². The van der Waals surface area contributed by atoms with E-state index >= 15 is 0 Å². The van der Waals surface area contributed by atoms with Crippen molar-refractivity contribution >= 4 is 23.2 Å². The average molecular weight is 299 g/mol. The molecule has 2 rings (SSSR count). The Balaban J connectivity index is 2.06. The van der Waals surface area contributed by atoms with Gasteiger partial charge in [0.2, 0.25) is 0 Å². The van der Waals surface area contributed by atoms with Crippen LogP contribution >= 0.6 is 23.2 Å². The highest BCUT2D eigenvalue weighted by Gasteiger charge is 2.12. The van der Waals surface area contributed by atoms with Gasteiger partial charge in [-0.1, -0.05) is 29.3 Å². The Morgan fingerprint density at radius 1 is 1.37 bits per heavy atom. The molecule has 1 aromatic heterocycles. The molecule has 0 fully saturated rings. The van der Waals surface area contributed by atoms with E-state index in [2.05, 4.69) is 10.5 Å². The second kappa shape index (κ2) is 6.39. The summed E-state index contributed by atoms with van der Waals surface area (Å²) in [5.74, 6) is 5.61. The van der Waals surface area contributed by atoms with Crippen molar-refractivity contribution < 1.29 is 0 Å². The Bertz CT molecular complexity index is 553. The molecule has 0 bridgehead atoms. The molecule has 2 aromatic rings. The van der Waals surface area contributed by atoms with Crippen molar-refractivity contribution in [1.29, 1.82) is 0 Å². The summed E-state index contributed by atoms with van der Waals surface area (Å²) in [5.41, 5.74) is 4.98. The molecule has 1 unspecified atom stereocenters. The van der Waals surface area contributed by atoms with Crippen LogP contribution in [0, 0.1) is 0 Å². The Kier molecular flexibility index (Phi) is 4.82. The van der Waals surface area contributed by atoms with Crippen LogP contribution < -0.4 is 11.3 Å². The molecule has 6 heteroatoms. The lowest BCUT2D eigenvalue weighted by Crippen LogP contribution is -2.38. The summed E-state index contributed by atoms with van der Waals surface area (Å²) in [4.78, 5) is 0. The highest BCUT2D eigenvalue weighted by molar-refractivity contribution is 6.35. The zero-order valence-corrected chi connectivity index (χ0v) is 12.1. The molecular weight excluding hydrogens is 283 g/mol. The van der Waals surface area contributed by atoms with Crippen LogP contribution in [0.3, 0.4) is 0 Å². The second-order valence-corrected chi connectivity index (χ2v) is 5.37. The largest absolute Gasteiger partial charge is 0.276 e. The summed E-state index contributed by atoms with van der Waals surface area (Å²) < 4.78 is 1.78. The van der Waals surface area contributed by atoms with Crippen LogP contribution in [0.5, 0.6) is 0 Å². The number of nitrogens with zero attached hydrogens (tertiary/aromatic N) is 2. The van der Waals surface area contributed by atoms with E-state index < -0.39 is 0 Å². The number of nitrogens with one attached hydrogen (secondary N) is 1. The first kappa shape index (κ1) is 14.3. The van der Waals surface area contributed by atoms with Gasteiger partial charge in [-0.3, -0.25) is 16.0 Å². The third kappa shape index (κ3) is 3.94. The molecule has 1 heterocycles. The van der Waals surface area contributed by atoms with Crippen molar-refractivity contribution in [3.63, 3.8) is 0 Å². The van der Waals surface area contributed by atoms with Crippen LogP contribution in [0.15, 0.2) is 30.6 Å². The second-order valence-electron chi connectivity index (χ2n) is 4.53. The Morgan fingerprint density at radius 2 is 2.16 bits per heavy atom. The van der Waals surface area contributed by atoms with Crippen LogP contribution in [-0.2, 0) is 19.9 Å². The molecule has 0 saturated carbocycles. The summed E-state index contributed by atoms with van der Waals surface area (Å²) in [6.45, 7) is 0. The molecule has 0 saturated heterocycles. The number of rotatable bonds is 5. The van der Waals surface area contributed by atoms with Gasteiger partial charge in [0.25, 0.3) is 0 Å². The van der Waals surface area contributed by atoms with E-state index in [4.69, 9.17) is 29.0 Å². The Morgan fingerprint density at radius 3 is 2.74 bits per heavy atom. The minimum atomic E-state index is 0.0999. The summed E-state index contributed by atoms with van der Waals surface area (Å²) in [7, 11) is 1.89. The van der Waals surface area contributed by atoms with Gasteiger partial charge in [-0.15, -0.1) is 0 Å². The van der Waals surface area contributed by atoms with E-state index in [1.807, 2.05) is 31.6 Å². The SMILES string of the molecule is Cn1cc(CC(Cc2ccc(Cl)cc2Cl)NN)cn1. The molecule has 19 heavy (non-hydrogen) atoms. The summed E-state index contributed by atoms with van der Waals surface area (Å²) >= 11 is 12.1. The van der Waals surface area contributed by atoms with Crippen molar-refractivity contribution in [3.8, 4) is 0 Å². The maximum Gasteiger partial charge on any atom is 0.0522 e. The molecule has 0 aliphatic rings.